The molecular weight excluding hydrogens is 340 g/mol. The molecule has 146 valence electrons. The van der Waals surface area contributed by atoms with Crippen molar-refractivity contribution in [2.24, 2.45) is 5.41 Å². The quantitative estimate of drug-likeness (QED) is 0.809. The standard InChI is InChI=1S/C19H29F2N3O2/c1-16(2,23-9-8-19(20,21)12-23)10-17(3,11-22)15(26)24-14-4-6-18(24,13-25)7-5-14/h14,25H,4-10,12-13H2,1-3H3. The Morgan fingerprint density at radius 3 is 2.35 bits per heavy atom. The number of nitrogens with zero attached hydrogens (tertiary/aromatic N) is 3. The summed E-state index contributed by atoms with van der Waals surface area (Å²) >= 11 is 0. The van der Waals surface area contributed by atoms with Crippen molar-refractivity contribution in [3.05, 3.63) is 0 Å². The van der Waals surface area contributed by atoms with Crippen molar-refractivity contribution in [1.29, 1.82) is 5.26 Å². The average Bonchev–Trinajstić information content (AvgIpc) is 3.24. The minimum Gasteiger partial charge on any atom is -0.394 e. The highest BCUT2D eigenvalue weighted by Gasteiger charge is 2.58. The van der Waals surface area contributed by atoms with Gasteiger partial charge in [0.2, 0.25) is 5.91 Å². The van der Waals surface area contributed by atoms with Crippen molar-refractivity contribution < 1.29 is 18.7 Å². The highest BCUT2D eigenvalue weighted by atomic mass is 19.3. The minimum absolute atomic E-state index is 0.0848. The number of carbonyl (C=O) groups excluding carboxylic acids is 1. The summed E-state index contributed by atoms with van der Waals surface area (Å²) in [6, 6.07) is 2.26. The zero-order valence-corrected chi connectivity index (χ0v) is 15.9. The van der Waals surface area contributed by atoms with E-state index in [1.165, 1.54) is 0 Å². The predicted molar refractivity (Wildman–Crippen MR) is 92.5 cm³/mol. The number of likely N-dealkylation sites (tertiary alicyclic amines) is 1. The zero-order valence-electron chi connectivity index (χ0n) is 15.9. The fourth-order valence-electron chi connectivity index (χ4n) is 5.30. The van der Waals surface area contributed by atoms with Crippen LogP contribution in [0.3, 0.4) is 0 Å². The van der Waals surface area contributed by atoms with Crippen molar-refractivity contribution in [1.82, 2.24) is 9.80 Å². The van der Waals surface area contributed by atoms with Gasteiger partial charge >= 0.3 is 0 Å². The number of hydrogen-bond donors (Lipinski definition) is 1. The third kappa shape index (κ3) is 3.01. The molecule has 1 unspecified atom stereocenters. The van der Waals surface area contributed by atoms with E-state index in [4.69, 9.17) is 0 Å². The normalized spacial score (nSPS) is 33.3. The van der Waals surface area contributed by atoms with Gasteiger partial charge in [-0.25, -0.2) is 8.78 Å². The van der Waals surface area contributed by atoms with Crippen LogP contribution in [-0.2, 0) is 4.79 Å². The summed E-state index contributed by atoms with van der Waals surface area (Å²) < 4.78 is 27.3. The maximum absolute atomic E-state index is 13.6. The lowest BCUT2D eigenvalue weighted by Gasteiger charge is -2.42. The molecule has 3 fully saturated rings. The molecule has 0 aliphatic carbocycles. The van der Waals surface area contributed by atoms with Crippen LogP contribution in [0.4, 0.5) is 8.78 Å². The van der Waals surface area contributed by atoms with E-state index in [1.54, 1.807) is 16.7 Å². The van der Waals surface area contributed by atoms with Gasteiger partial charge in [0.15, 0.2) is 0 Å². The van der Waals surface area contributed by atoms with Crippen molar-refractivity contribution in [3.8, 4) is 6.07 Å². The molecule has 0 radical (unpaired) electrons. The van der Waals surface area contributed by atoms with Crippen LogP contribution in [0.15, 0.2) is 0 Å². The smallest absolute Gasteiger partial charge is 0.261 e. The first-order valence-corrected chi connectivity index (χ1v) is 9.47. The van der Waals surface area contributed by atoms with E-state index in [9.17, 15) is 23.9 Å². The molecule has 0 spiro atoms. The Bertz CT molecular complexity index is 623. The average molecular weight is 369 g/mol. The van der Waals surface area contributed by atoms with E-state index in [0.717, 1.165) is 25.7 Å². The van der Waals surface area contributed by atoms with Gasteiger partial charge in [-0.2, -0.15) is 5.26 Å². The second-order valence-corrected chi connectivity index (χ2v) is 9.25. The molecule has 3 aliphatic rings. The van der Waals surface area contributed by atoms with Gasteiger partial charge in [0, 0.05) is 24.5 Å². The van der Waals surface area contributed by atoms with Crippen molar-refractivity contribution in [3.63, 3.8) is 0 Å². The third-order valence-electron chi connectivity index (χ3n) is 6.81. The molecule has 7 heteroatoms. The number of alkyl halides is 2. The van der Waals surface area contributed by atoms with Crippen LogP contribution in [0.5, 0.6) is 0 Å². The molecule has 0 saturated carbocycles. The molecule has 26 heavy (non-hydrogen) atoms. The minimum atomic E-state index is -2.71. The molecule has 1 atom stereocenters. The summed E-state index contributed by atoms with van der Waals surface area (Å²) in [6.45, 7) is 5.13. The topological polar surface area (TPSA) is 67.6 Å². The number of rotatable bonds is 5. The Labute approximate surface area is 153 Å². The van der Waals surface area contributed by atoms with Gasteiger partial charge < -0.3 is 10.0 Å². The zero-order chi connectivity index (χ0) is 19.4. The molecule has 0 aromatic rings. The van der Waals surface area contributed by atoms with Gasteiger partial charge in [-0.05, 0) is 52.9 Å². The van der Waals surface area contributed by atoms with Crippen LogP contribution < -0.4 is 0 Å². The molecular formula is C19H29F2N3O2. The van der Waals surface area contributed by atoms with Crippen molar-refractivity contribution >= 4 is 5.91 Å². The van der Waals surface area contributed by atoms with Crippen LogP contribution in [-0.4, -0.2) is 63.6 Å². The van der Waals surface area contributed by atoms with E-state index >= 15 is 0 Å². The Morgan fingerprint density at radius 2 is 1.88 bits per heavy atom. The van der Waals surface area contributed by atoms with Gasteiger partial charge in [0.1, 0.15) is 5.41 Å². The fraction of sp³-hybridized carbons (Fsp3) is 0.895. The molecule has 0 aromatic carbocycles. The molecule has 2 bridgehead atoms. The van der Waals surface area contributed by atoms with Gasteiger partial charge in [0.25, 0.3) is 5.92 Å². The number of aliphatic hydroxyl groups is 1. The second kappa shape index (κ2) is 6.13. The fourth-order valence-corrected chi connectivity index (χ4v) is 5.30. The number of aliphatic hydroxyl groups excluding tert-OH is 1. The van der Waals surface area contributed by atoms with Gasteiger partial charge in [0.05, 0.1) is 24.8 Å². The summed E-state index contributed by atoms with van der Waals surface area (Å²) in [5, 5.41) is 19.7. The van der Waals surface area contributed by atoms with E-state index < -0.39 is 22.4 Å². The molecule has 5 nitrogen and oxygen atoms in total. The SMILES string of the molecule is CC(C#N)(CC(C)(C)N1CCC(F)(F)C1)C(=O)N1C2CCC1(CO)CC2. The van der Waals surface area contributed by atoms with Gasteiger partial charge in [-0.1, -0.05) is 0 Å². The number of amides is 1. The lowest BCUT2D eigenvalue weighted by molar-refractivity contribution is -0.145. The molecule has 3 heterocycles. The van der Waals surface area contributed by atoms with E-state index in [0.29, 0.717) is 0 Å². The maximum atomic E-state index is 13.6. The summed E-state index contributed by atoms with van der Waals surface area (Å²) in [4.78, 5) is 16.8. The maximum Gasteiger partial charge on any atom is 0.261 e. The van der Waals surface area contributed by atoms with Crippen molar-refractivity contribution in [2.45, 2.75) is 82.3 Å². The van der Waals surface area contributed by atoms with Crippen LogP contribution in [0, 0.1) is 16.7 Å². The molecule has 1 amide bonds. The largest absolute Gasteiger partial charge is 0.394 e. The van der Waals surface area contributed by atoms with Crippen LogP contribution in [0.1, 0.15) is 59.3 Å². The first kappa shape index (κ1) is 19.5. The Kier molecular flexibility index (Phi) is 4.60. The summed E-state index contributed by atoms with van der Waals surface area (Å²) in [7, 11) is 0. The van der Waals surface area contributed by atoms with E-state index in [1.807, 2.05) is 13.8 Å². The van der Waals surface area contributed by atoms with Gasteiger partial charge in [-0.3, -0.25) is 9.69 Å². The molecule has 3 aliphatic heterocycles. The Morgan fingerprint density at radius 1 is 1.27 bits per heavy atom. The Hall–Kier alpha value is -1.26. The third-order valence-corrected chi connectivity index (χ3v) is 6.81. The van der Waals surface area contributed by atoms with Crippen molar-refractivity contribution in [2.75, 3.05) is 19.7 Å². The first-order valence-electron chi connectivity index (χ1n) is 9.47. The second-order valence-electron chi connectivity index (χ2n) is 9.25. The number of carbonyl (C=O) groups is 1. The number of nitriles is 1. The van der Waals surface area contributed by atoms with Crippen LogP contribution in [0.25, 0.3) is 0 Å². The van der Waals surface area contributed by atoms with E-state index in [2.05, 4.69) is 6.07 Å². The first-order chi connectivity index (χ1) is 12.0. The monoisotopic (exact) mass is 369 g/mol. The molecule has 3 rings (SSSR count). The highest BCUT2D eigenvalue weighted by Crippen LogP contribution is 2.49. The highest BCUT2D eigenvalue weighted by molar-refractivity contribution is 5.87. The predicted octanol–water partition coefficient (Wildman–Crippen LogP) is 2.54. The molecule has 1 N–H and O–H groups in total. The van der Waals surface area contributed by atoms with E-state index in [-0.39, 0.29) is 44.5 Å². The molecule has 0 aromatic heterocycles. The molecule has 3 saturated heterocycles. The lowest BCUT2D eigenvalue weighted by atomic mass is 9.77. The summed E-state index contributed by atoms with van der Waals surface area (Å²) in [5.74, 6) is -2.97. The van der Waals surface area contributed by atoms with Crippen LogP contribution in [0.2, 0.25) is 0 Å². The summed E-state index contributed by atoms with van der Waals surface area (Å²) in [5.41, 5.74) is -2.52. The lowest BCUT2D eigenvalue weighted by Crippen LogP contribution is -2.55. The Balaban J connectivity index is 1.81. The van der Waals surface area contributed by atoms with Gasteiger partial charge in [-0.15, -0.1) is 0 Å². The number of hydrogen-bond acceptors (Lipinski definition) is 4. The number of fused-ring (bicyclic) bond motifs is 2. The number of halogens is 2. The summed E-state index contributed by atoms with van der Waals surface area (Å²) in [6.07, 6.45) is 3.25. The van der Waals surface area contributed by atoms with Crippen LogP contribution >= 0.6 is 0 Å².